The molecule has 3 aromatic heterocycles. The molecule has 0 fully saturated rings. The molecule has 178 valence electrons. The number of methoxy groups -OCH3 is 2. The molecule has 0 saturated carbocycles. The zero-order valence-corrected chi connectivity index (χ0v) is 20.7. The number of carbonyl (C=O) groups excluding carboxylic acids is 1. The van der Waals surface area contributed by atoms with Gasteiger partial charge in [-0.25, -0.2) is 14.5 Å². The summed E-state index contributed by atoms with van der Waals surface area (Å²) in [4.78, 5) is 24.0. The monoisotopic (exact) mass is 488 g/mol. The third kappa shape index (κ3) is 3.49. The Hall–Kier alpha value is -3.72. The molecule has 0 spiro atoms. The summed E-state index contributed by atoms with van der Waals surface area (Å²) in [6.07, 6.45) is 2.71. The number of ether oxygens (including phenoxy) is 3. The molecule has 35 heavy (non-hydrogen) atoms. The Kier molecular flexibility index (Phi) is 4.93. The van der Waals surface area contributed by atoms with Crippen LogP contribution in [0.3, 0.4) is 0 Å². The van der Waals surface area contributed by atoms with E-state index in [1.54, 1.807) is 36.4 Å². The minimum absolute atomic E-state index is 0.0710. The molecule has 4 heterocycles. The number of ketones is 1. The van der Waals surface area contributed by atoms with Gasteiger partial charge in [0.05, 0.1) is 30.6 Å². The van der Waals surface area contributed by atoms with E-state index in [1.807, 2.05) is 35.7 Å². The van der Waals surface area contributed by atoms with Crippen molar-refractivity contribution in [2.24, 2.45) is 5.41 Å². The van der Waals surface area contributed by atoms with E-state index >= 15 is 0 Å². The standard InChI is InChI=1S/C26H24N4O4S/c1-26(2)11-15(31)21-18(12-26)34-25-22(20(21)14-7-8-16(32-3)17(10-14)33-4)24-28-23(19-6-5-9-35-19)29-30(24)13-27-25/h5-10,13,20H,11-12H2,1-4H3. The molecule has 9 heteroatoms. The molecule has 0 saturated heterocycles. The van der Waals surface area contributed by atoms with Crippen molar-refractivity contribution in [3.8, 4) is 28.1 Å². The van der Waals surface area contributed by atoms with E-state index in [0.29, 0.717) is 53.0 Å². The smallest absolute Gasteiger partial charge is 0.228 e. The van der Waals surface area contributed by atoms with Gasteiger partial charge in [-0.3, -0.25) is 4.79 Å². The number of hydrogen-bond acceptors (Lipinski definition) is 8. The quantitative estimate of drug-likeness (QED) is 0.398. The molecule has 4 aromatic rings. The summed E-state index contributed by atoms with van der Waals surface area (Å²) in [5.41, 5.74) is 2.67. The topological polar surface area (TPSA) is 87.8 Å². The minimum atomic E-state index is -0.422. The van der Waals surface area contributed by atoms with Crippen LogP contribution in [0.4, 0.5) is 0 Å². The predicted octanol–water partition coefficient (Wildman–Crippen LogP) is 5.04. The molecule has 8 nitrogen and oxygen atoms in total. The van der Waals surface area contributed by atoms with Crippen LogP contribution in [-0.4, -0.2) is 39.6 Å². The van der Waals surface area contributed by atoms with Crippen LogP contribution in [0.2, 0.25) is 0 Å². The summed E-state index contributed by atoms with van der Waals surface area (Å²) in [5, 5.41) is 6.64. The van der Waals surface area contributed by atoms with Crippen molar-refractivity contribution < 1.29 is 19.0 Å². The van der Waals surface area contributed by atoms with Gasteiger partial charge in [-0.1, -0.05) is 26.0 Å². The van der Waals surface area contributed by atoms with Crippen molar-refractivity contribution in [1.29, 1.82) is 0 Å². The Labute approximate surface area is 206 Å². The maximum Gasteiger partial charge on any atom is 0.228 e. The van der Waals surface area contributed by atoms with Crippen molar-refractivity contribution in [3.05, 3.63) is 64.5 Å². The number of carbonyl (C=O) groups is 1. The first-order valence-electron chi connectivity index (χ1n) is 11.3. The van der Waals surface area contributed by atoms with Crippen LogP contribution in [0.15, 0.2) is 53.4 Å². The SMILES string of the molecule is COc1ccc(C2C3=C(CC(C)(C)CC3=O)Oc3ncn4nc(-c5cccs5)nc4c32)cc1OC. The first-order chi connectivity index (χ1) is 16.9. The van der Waals surface area contributed by atoms with Gasteiger partial charge in [-0.2, -0.15) is 0 Å². The van der Waals surface area contributed by atoms with E-state index in [0.717, 1.165) is 16.0 Å². The van der Waals surface area contributed by atoms with Gasteiger partial charge in [0, 0.05) is 18.4 Å². The first kappa shape index (κ1) is 21.8. The third-order valence-electron chi connectivity index (χ3n) is 6.55. The van der Waals surface area contributed by atoms with Gasteiger partial charge in [0.1, 0.15) is 12.1 Å². The van der Waals surface area contributed by atoms with Crippen molar-refractivity contribution >= 4 is 22.8 Å². The fraction of sp³-hybridized carbons (Fsp3) is 0.308. The molecule has 1 unspecified atom stereocenters. The highest BCUT2D eigenvalue weighted by molar-refractivity contribution is 7.13. The lowest BCUT2D eigenvalue weighted by Gasteiger charge is -2.37. The second-order valence-electron chi connectivity index (χ2n) is 9.57. The summed E-state index contributed by atoms with van der Waals surface area (Å²) in [5.74, 6) is 2.59. The van der Waals surface area contributed by atoms with E-state index in [9.17, 15) is 4.79 Å². The van der Waals surface area contributed by atoms with Crippen molar-refractivity contribution in [3.63, 3.8) is 0 Å². The first-order valence-corrected chi connectivity index (χ1v) is 12.2. The predicted molar refractivity (Wildman–Crippen MR) is 131 cm³/mol. The lowest BCUT2D eigenvalue weighted by atomic mass is 9.70. The van der Waals surface area contributed by atoms with Crippen LogP contribution in [-0.2, 0) is 4.79 Å². The molecule has 0 N–H and O–H groups in total. The minimum Gasteiger partial charge on any atom is -0.493 e. The number of benzene rings is 1. The Bertz CT molecular complexity index is 1500. The van der Waals surface area contributed by atoms with Gasteiger partial charge < -0.3 is 14.2 Å². The second kappa shape index (κ2) is 7.91. The molecule has 0 radical (unpaired) electrons. The second-order valence-corrected chi connectivity index (χ2v) is 10.5. The fourth-order valence-electron chi connectivity index (χ4n) is 5.02. The third-order valence-corrected chi connectivity index (χ3v) is 7.41. The average molecular weight is 489 g/mol. The zero-order chi connectivity index (χ0) is 24.3. The highest BCUT2D eigenvalue weighted by Crippen LogP contribution is 2.51. The normalized spacial score (nSPS) is 18.7. The number of fused-ring (bicyclic) bond motifs is 3. The maximum atomic E-state index is 13.6. The molecule has 6 rings (SSSR count). The van der Waals surface area contributed by atoms with Gasteiger partial charge in [0.15, 0.2) is 28.8 Å². The highest BCUT2D eigenvalue weighted by Gasteiger charge is 2.44. The summed E-state index contributed by atoms with van der Waals surface area (Å²) in [6, 6.07) is 9.67. The van der Waals surface area contributed by atoms with Gasteiger partial charge >= 0.3 is 0 Å². The van der Waals surface area contributed by atoms with E-state index in [1.165, 1.54) is 0 Å². The van der Waals surface area contributed by atoms with Crippen molar-refractivity contribution in [1.82, 2.24) is 19.6 Å². The van der Waals surface area contributed by atoms with Crippen molar-refractivity contribution in [2.45, 2.75) is 32.6 Å². The Balaban J connectivity index is 1.62. The van der Waals surface area contributed by atoms with E-state index in [4.69, 9.17) is 19.2 Å². The largest absolute Gasteiger partial charge is 0.493 e. The van der Waals surface area contributed by atoms with Crippen LogP contribution in [0.25, 0.3) is 16.3 Å². The molecule has 1 aromatic carbocycles. The van der Waals surface area contributed by atoms with Gasteiger partial charge in [-0.15, -0.1) is 16.4 Å². The molecule has 2 aliphatic rings. The number of nitrogens with zero attached hydrogens (tertiary/aromatic N) is 4. The molecular weight excluding hydrogens is 464 g/mol. The van der Waals surface area contributed by atoms with E-state index in [-0.39, 0.29) is 11.2 Å². The fourth-order valence-corrected chi connectivity index (χ4v) is 5.67. The summed E-state index contributed by atoms with van der Waals surface area (Å²) in [6.45, 7) is 4.17. The lowest BCUT2D eigenvalue weighted by molar-refractivity contribution is -0.118. The summed E-state index contributed by atoms with van der Waals surface area (Å²) in [7, 11) is 3.20. The maximum absolute atomic E-state index is 13.6. The van der Waals surface area contributed by atoms with E-state index in [2.05, 4.69) is 23.9 Å². The number of Topliss-reactive ketones (excluding diaryl/α,β-unsaturated/α-hetero) is 1. The highest BCUT2D eigenvalue weighted by atomic mass is 32.1. The molecule has 0 amide bonds. The van der Waals surface area contributed by atoms with Gasteiger partial charge in [0.25, 0.3) is 0 Å². The molecular formula is C26H24N4O4S. The zero-order valence-electron chi connectivity index (χ0n) is 19.9. The molecule has 1 aliphatic carbocycles. The molecule has 1 atom stereocenters. The number of allylic oxidation sites excluding steroid dienone is 2. The van der Waals surface area contributed by atoms with Crippen LogP contribution >= 0.6 is 11.3 Å². The van der Waals surface area contributed by atoms with E-state index < -0.39 is 5.92 Å². The number of thiophene rings is 1. The van der Waals surface area contributed by atoms with Crippen LogP contribution in [0.5, 0.6) is 17.4 Å². The molecule has 0 bridgehead atoms. The lowest BCUT2D eigenvalue weighted by Crippen LogP contribution is -2.33. The molecule has 1 aliphatic heterocycles. The summed E-state index contributed by atoms with van der Waals surface area (Å²) < 4.78 is 19.0. The van der Waals surface area contributed by atoms with Gasteiger partial charge in [0.2, 0.25) is 5.88 Å². The van der Waals surface area contributed by atoms with Crippen LogP contribution in [0, 0.1) is 5.41 Å². The van der Waals surface area contributed by atoms with Crippen LogP contribution < -0.4 is 14.2 Å². The van der Waals surface area contributed by atoms with Gasteiger partial charge in [-0.05, 0) is 34.6 Å². The number of aromatic nitrogens is 4. The Morgan fingerprint density at radius 1 is 1.14 bits per heavy atom. The Morgan fingerprint density at radius 2 is 1.97 bits per heavy atom. The average Bonchev–Trinajstić information content (AvgIpc) is 3.51. The number of hydrogen-bond donors (Lipinski definition) is 0. The number of rotatable bonds is 4. The van der Waals surface area contributed by atoms with Crippen molar-refractivity contribution in [2.75, 3.05) is 14.2 Å². The Morgan fingerprint density at radius 3 is 2.71 bits per heavy atom. The van der Waals surface area contributed by atoms with Crippen LogP contribution in [0.1, 0.15) is 43.7 Å². The summed E-state index contributed by atoms with van der Waals surface area (Å²) >= 11 is 1.57.